The minimum atomic E-state index is -0.871. The Kier molecular flexibility index (Phi) is 9.84. The number of aliphatic imine (C=N–C) groups is 1. The van der Waals surface area contributed by atoms with Gasteiger partial charge in [-0.1, -0.05) is 43.2 Å². The number of rotatable bonds is 11. The SMILES string of the molecule is CCOCCC1(CNC(=NC)NCCS(=O)Cc2ccccc2)CCCC1. The Morgan fingerprint density at radius 3 is 2.63 bits per heavy atom. The Morgan fingerprint density at radius 2 is 1.96 bits per heavy atom. The van der Waals surface area contributed by atoms with Crippen molar-refractivity contribution in [3.8, 4) is 0 Å². The normalized spacial score (nSPS) is 17.6. The summed E-state index contributed by atoms with van der Waals surface area (Å²) in [4.78, 5) is 4.32. The van der Waals surface area contributed by atoms with Crippen LogP contribution in [0.5, 0.6) is 0 Å². The highest BCUT2D eigenvalue weighted by atomic mass is 32.2. The van der Waals surface area contributed by atoms with Crippen LogP contribution in [0.3, 0.4) is 0 Å². The monoisotopic (exact) mass is 393 g/mol. The van der Waals surface area contributed by atoms with Gasteiger partial charge in [-0.25, -0.2) is 0 Å². The van der Waals surface area contributed by atoms with E-state index in [0.29, 0.717) is 23.5 Å². The average Bonchev–Trinajstić information content (AvgIpc) is 3.14. The Morgan fingerprint density at radius 1 is 1.22 bits per heavy atom. The lowest BCUT2D eigenvalue weighted by atomic mass is 9.83. The van der Waals surface area contributed by atoms with Crippen molar-refractivity contribution < 1.29 is 8.95 Å². The molecule has 6 heteroatoms. The molecule has 2 rings (SSSR count). The molecule has 0 saturated heterocycles. The molecule has 1 aromatic carbocycles. The molecule has 0 amide bonds. The molecule has 1 aromatic rings. The molecule has 0 heterocycles. The third kappa shape index (κ3) is 8.01. The lowest BCUT2D eigenvalue weighted by Crippen LogP contribution is -2.44. The van der Waals surface area contributed by atoms with Gasteiger partial charge in [0.1, 0.15) is 0 Å². The molecule has 5 nitrogen and oxygen atoms in total. The molecule has 152 valence electrons. The Hall–Kier alpha value is -1.40. The summed E-state index contributed by atoms with van der Waals surface area (Å²) in [7, 11) is 0.919. The number of nitrogens with zero attached hydrogens (tertiary/aromatic N) is 1. The molecule has 1 saturated carbocycles. The minimum absolute atomic E-state index is 0.322. The van der Waals surface area contributed by atoms with Gasteiger partial charge in [-0.2, -0.15) is 0 Å². The van der Waals surface area contributed by atoms with E-state index in [1.165, 1.54) is 25.7 Å². The molecule has 1 aliphatic rings. The summed E-state index contributed by atoms with van der Waals surface area (Å²) in [6, 6.07) is 10.0. The van der Waals surface area contributed by atoms with Gasteiger partial charge in [-0.3, -0.25) is 9.20 Å². The third-order valence-electron chi connectivity index (χ3n) is 5.29. The highest BCUT2D eigenvalue weighted by Crippen LogP contribution is 2.40. The van der Waals surface area contributed by atoms with E-state index in [-0.39, 0.29) is 0 Å². The highest BCUT2D eigenvalue weighted by molar-refractivity contribution is 7.84. The third-order valence-corrected chi connectivity index (χ3v) is 6.61. The van der Waals surface area contributed by atoms with E-state index in [4.69, 9.17) is 4.74 Å². The first-order valence-corrected chi connectivity index (χ1v) is 11.6. The molecule has 0 aromatic heterocycles. The quantitative estimate of drug-likeness (QED) is 0.345. The summed E-state index contributed by atoms with van der Waals surface area (Å²) in [6.45, 7) is 5.25. The minimum Gasteiger partial charge on any atom is -0.382 e. The molecule has 1 fully saturated rings. The van der Waals surface area contributed by atoms with E-state index in [0.717, 1.165) is 37.7 Å². The maximum absolute atomic E-state index is 12.2. The van der Waals surface area contributed by atoms with E-state index in [9.17, 15) is 4.21 Å². The van der Waals surface area contributed by atoms with Crippen molar-refractivity contribution >= 4 is 16.8 Å². The molecule has 1 atom stereocenters. The number of hydrogen-bond acceptors (Lipinski definition) is 3. The molecular formula is C21H35N3O2S. The van der Waals surface area contributed by atoms with Crippen LogP contribution in [0.4, 0.5) is 0 Å². The van der Waals surface area contributed by atoms with Crippen molar-refractivity contribution in [2.45, 2.75) is 44.8 Å². The van der Waals surface area contributed by atoms with Gasteiger partial charge in [-0.05, 0) is 37.2 Å². The van der Waals surface area contributed by atoms with E-state index in [1.807, 2.05) is 37.3 Å². The van der Waals surface area contributed by atoms with E-state index in [1.54, 1.807) is 7.05 Å². The Bertz CT molecular complexity index is 586. The summed E-state index contributed by atoms with van der Waals surface area (Å²) in [5, 5.41) is 6.80. The fourth-order valence-electron chi connectivity index (χ4n) is 3.68. The molecule has 1 aliphatic carbocycles. The van der Waals surface area contributed by atoms with Crippen LogP contribution in [0.15, 0.2) is 35.3 Å². The largest absolute Gasteiger partial charge is 0.382 e. The second kappa shape index (κ2) is 12.1. The zero-order valence-electron chi connectivity index (χ0n) is 16.8. The predicted molar refractivity (Wildman–Crippen MR) is 115 cm³/mol. The second-order valence-electron chi connectivity index (χ2n) is 7.28. The average molecular weight is 394 g/mol. The fourth-order valence-corrected chi connectivity index (χ4v) is 4.72. The zero-order valence-corrected chi connectivity index (χ0v) is 17.7. The predicted octanol–water partition coefficient (Wildman–Crippen LogP) is 3.09. The van der Waals surface area contributed by atoms with Gasteiger partial charge < -0.3 is 15.4 Å². The van der Waals surface area contributed by atoms with Crippen LogP contribution in [0.2, 0.25) is 0 Å². The van der Waals surface area contributed by atoms with Crippen LogP contribution in [0, 0.1) is 5.41 Å². The first kappa shape index (κ1) is 21.9. The van der Waals surface area contributed by atoms with Gasteiger partial charge in [0.15, 0.2) is 5.96 Å². The van der Waals surface area contributed by atoms with Crippen molar-refractivity contribution in [2.75, 3.05) is 39.1 Å². The van der Waals surface area contributed by atoms with E-state index >= 15 is 0 Å². The second-order valence-corrected chi connectivity index (χ2v) is 8.86. The number of ether oxygens (including phenoxy) is 1. The molecular weight excluding hydrogens is 358 g/mol. The van der Waals surface area contributed by atoms with Crippen LogP contribution < -0.4 is 10.6 Å². The van der Waals surface area contributed by atoms with E-state index < -0.39 is 10.8 Å². The number of guanidine groups is 1. The lowest BCUT2D eigenvalue weighted by molar-refractivity contribution is 0.105. The summed E-state index contributed by atoms with van der Waals surface area (Å²) >= 11 is 0. The van der Waals surface area contributed by atoms with Crippen molar-refractivity contribution in [1.29, 1.82) is 0 Å². The zero-order chi connectivity index (χ0) is 19.4. The van der Waals surface area contributed by atoms with Crippen LogP contribution in [0.1, 0.15) is 44.6 Å². The topological polar surface area (TPSA) is 62.7 Å². The van der Waals surface area contributed by atoms with Gasteiger partial charge in [0.05, 0.1) is 0 Å². The molecule has 2 N–H and O–H groups in total. The number of hydrogen-bond donors (Lipinski definition) is 2. The Balaban J connectivity index is 1.70. The Labute approximate surface area is 166 Å². The molecule has 0 aliphatic heterocycles. The molecule has 1 unspecified atom stereocenters. The van der Waals surface area contributed by atoms with Gasteiger partial charge >= 0.3 is 0 Å². The van der Waals surface area contributed by atoms with Crippen LogP contribution in [-0.4, -0.2) is 49.3 Å². The maximum atomic E-state index is 12.2. The van der Waals surface area contributed by atoms with Crippen molar-refractivity contribution in [3.63, 3.8) is 0 Å². The summed E-state index contributed by atoms with van der Waals surface area (Å²) in [6.07, 6.45) is 6.22. The van der Waals surface area contributed by atoms with Gasteiger partial charge in [-0.15, -0.1) is 0 Å². The standard InChI is InChI=1S/C21H35N3O2S/c1-3-26-15-13-21(11-7-8-12-21)18-24-20(22-2)23-14-16-27(25)17-19-9-5-4-6-10-19/h4-6,9-10H,3,7-8,11-18H2,1-2H3,(H2,22,23,24). The van der Waals surface area contributed by atoms with Crippen LogP contribution >= 0.6 is 0 Å². The summed E-state index contributed by atoms with van der Waals surface area (Å²) in [5.41, 5.74) is 1.44. The fraction of sp³-hybridized carbons (Fsp3) is 0.667. The molecule has 27 heavy (non-hydrogen) atoms. The van der Waals surface area contributed by atoms with Gasteiger partial charge in [0, 0.05) is 55.7 Å². The number of nitrogens with one attached hydrogen (secondary N) is 2. The maximum Gasteiger partial charge on any atom is 0.191 e. The summed E-state index contributed by atoms with van der Waals surface area (Å²) in [5.74, 6) is 2.02. The number of benzene rings is 1. The lowest BCUT2D eigenvalue weighted by Gasteiger charge is -2.30. The van der Waals surface area contributed by atoms with Crippen molar-refractivity contribution in [1.82, 2.24) is 10.6 Å². The molecule has 0 spiro atoms. The van der Waals surface area contributed by atoms with Crippen LogP contribution in [0.25, 0.3) is 0 Å². The van der Waals surface area contributed by atoms with Crippen molar-refractivity contribution in [3.05, 3.63) is 35.9 Å². The van der Waals surface area contributed by atoms with Crippen LogP contribution in [-0.2, 0) is 21.3 Å². The first-order chi connectivity index (χ1) is 13.2. The smallest absolute Gasteiger partial charge is 0.191 e. The molecule has 0 radical (unpaired) electrons. The summed E-state index contributed by atoms with van der Waals surface area (Å²) < 4.78 is 17.8. The molecule has 0 bridgehead atoms. The van der Waals surface area contributed by atoms with E-state index in [2.05, 4.69) is 15.6 Å². The van der Waals surface area contributed by atoms with Gasteiger partial charge in [0.2, 0.25) is 0 Å². The van der Waals surface area contributed by atoms with Gasteiger partial charge in [0.25, 0.3) is 0 Å². The van der Waals surface area contributed by atoms with Crippen molar-refractivity contribution in [2.24, 2.45) is 10.4 Å². The highest BCUT2D eigenvalue weighted by Gasteiger charge is 2.33. The first-order valence-electron chi connectivity index (χ1n) is 10.1.